The zero-order valence-electron chi connectivity index (χ0n) is 13.4. The van der Waals surface area contributed by atoms with Gasteiger partial charge in [-0.2, -0.15) is 0 Å². The fraction of sp³-hybridized carbons (Fsp3) is 0.533. The van der Waals surface area contributed by atoms with Gasteiger partial charge in [0.1, 0.15) is 5.56 Å². The van der Waals surface area contributed by atoms with Gasteiger partial charge in [-0.25, -0.2) is 0 Å². The standard InChI is InChI=1S/C15H21N3O3S.ClH/c1-15(2)9-17(7-6-13(15)16)14(19)11-8-10(22-3)4-5-12(11)18(20)21;/h4-5,8,13H,6-7,9,16H2,1-3H3;1H. The minimum absolute atomic E-state index is 0. The molecule has 0 radical (unpaired) electrons. The lowest BCUT2D eigenvalue weighted by atomic mass is 9.79. The fourth-order valence-corrected chi connectivity index (χ4v) is 3.13. The largest absolute Gasteiger partial charge is 0.338 e. The second-order valence-electron chi connectivity index (χ2n) is 6.25. The third-order valence-corrected chi connectivity index (χ3v) is 4.96. The summed E-state index contributed by atoms with van der Waals surface area (Å²) in [5.74, 6) is -0.289. The molecule has 2 rings (SSSR count). The maximum atomic E-state index is 12.8. The average Bonchev–Trinajstić information content (AvgIpc) is 2.48. The second kappa shape index (κ2) is 7.51. The van der Waals surface area contributed by atoms with E-state index in [1.54, 1.807) is 17.0 Å². The van der Waals surface area contributed by atoms with Crippen LogP contribution in [0.4, 0.5) is 5.69 Å². The van der Waals surface area contributed by atoms with Gasteiger partial charge in [0, 0.05) is 30.1 Å². The van der Waals surface area contributed by atoms with Crippen LogP contribution in [0.15, 0.2) is 23.1 Å². The van der Waals surface area contributed by atoms with E-state index in [9.17, 15) is 14.9 Å². The molecule has 1 atom stereocenters. The van der Waals surface area contributed by atoms with Gasteiger partial charge in [0.05, 0.1) is 4.92 Å². The van der Waals surface area contributed by atoms with Crippen LogP contribution in [0.3, 0.4) is 0 Å². The lowest BCUT2D eigenvalue weighted by Crippen LogP contribution is -2.54. The van der Waals surface area contributed by atoms with Crippen molar-refractivity contribution in [2.45, 2.75) is 31.2 Å². The van der Waals surface area contributed by atoms with Crippen molar-refractivity contribution in [2.75, 3.05) is 19.3 Å². The average molecular weight is 360 g/mol. The van der Waals surface area contributed by atoms with E-state index in [1.165, 1.54) is 17.8 Å². The molecule has 23 heavy (non-hydrogen) atoms. The summed E-state index contributed by atoms with van der Waals surface area (Å²) in [6.45, 7) is 5.07. The van der Waals surface area contributed by atoms with Crippen LogP contribution < -0.4 is 5.73 Å². The molecule has 0 saturated carbocycles. The molecule has 1 fully saturated rings. The first-order valence-corrected chi connectivity index (χ1v) is 8.36. The summed E-state index contributed by atoms with van der Waals surface area (Å²) in [4.78, 5) is 26.0. The molecule has 1 amide bonds. The van der Waals surface area contributed by atoms with Gasteiger partial charge in [-0.3, -0.25) is 14.9 Å². The van der Waals surface area contributed by atoms with E-state index in [0.29, 0.717) is 19.5 Å². The quantitative estimate of drug-likeness (QED) is 0.509. The van der Waals surface area contributed by atoms with Gasteiger partial charge < -0.3 is 10.6 Å². The minimum atomic E-state index is -0.502. The molecule has 1 aromatic rings. The number of nitro groups is 1. The van der Waals surface area contributed by atoms with Crippen molar-refractivity contribution in [3.8, 4) is 0 Å². The number of carbonyl (C=O) groups excluding carboxylic acids is 1. The molecule has 0 aliphatic carbocycles. The Balaban J connectivity index is 0.00000264. The minimum Gasteiger partial charge on any atom is -0.338 e. The van der Waals surface area contributed by atoms with E-state index in [-0.39, 0.29) is 41.0 Å². The number of thioether (sulfide) groups is 1. The maximum Gasteiger partial charge on any atom is 0.282 e. The topological polar surface area (TPSA) is 89.5 Å². The Kier molecular flexibility index (Phi) is 6.44. The molecule has 0 bridgehead atoms. The normalized spacial score (nSPS) is 19.8. The number of nitrogens with zero attached hydrogens (tertiary/aromatic N) is 2. The number of carbonyl (C=O) groups is 1. The first kappa shape index (κ1) is 19.7. The first-order chi connectivity index (χ1) is 10.3. The van der Waals surface area contributed by atoms with Gasteiger partial charge in [0.2, 0.25) is 0 Å². The summed E-state index contributed by atoms with van der Waals surface area (Å²) < 4.78 is 0. The van der Waals surface area contributed by atoms with Crippen molar-refractivity contribution in [3.63, 3.8) is 0 Å². The number of nitrogens with two attached hydrogens (primary N) is 1. The molecule has 0 spiro atoms. The molecular formula is C15H22ClN3O3S. The van der Waals surface area contributed by atoms with E-state index in [1.807, 2.05) is 20.1 Å². The summed E-state index contributed by atoms with van der Waals surface area (Å²) in [6, 6.07) is 4.70. The molecular weight excluding hydrogens is 338 g/mol. The number of hydrogen-bond donors (Lipinski definition) is 1. The van der Waals surface area contributed by atoms with Crippen LogP contribution in [0, 0.1) is 15.5 Å². The van der Waals surface area contributed by atoms with E-state index in [0.717, 1.165) is 4.90 Å². The van der Waals surface area contributed by atoms with Crippen LogP contribution in [-0.2, 0) is 0 Å². The number of amides is 1. The highest BCUT2D eigenvalue weighted by atomic mass is 35.5. The fourth-order valence-electron chi connectivity index (χ4n) is 2.69. The van der Waals surface area contributed by atoms with Gasteiger partial charge in [0.15, 0.2) is 0 Å². The second-order valence-corrected chi connectivity index (χ2v) is 7.13. The van der Waals surface area contributed by atoms with Crippen molar-refractivity contribution in [2.24, 2.45) is 11.1 Å². The van der Waals surface area contributed by atoms with Crippen molar-refractivity contribution >= 4 is 35.8 Å². The van der Waals surface area contributed by atoms with Crippen molar-refractivity contribution in [1.82, 2.24) is 4.90 Å². The Bertz CT molecular complexity index is 610. The number of halogens is 1. The van der Waals surface area contributed by atoms with Crippen LogP contribution in [0.2, 0.25) is 0 Å². The molecule has 8 heteroatoms. The lowest BCUT2D eigenvalue weighted by Gasteiger charge is -2.42. The van der Waals surface area contributed by atoms with E-state index in [4.69, 9.17) is 5.73 Å². The number of benzene rings is 1. The van der Waals surface area contributed by atoms with Crippen LogP contribution in [-0.4, -0.2) is 41.1 Å². The molecule has 2 N–H and O–H groups in total. The van der Waals surface area contributed by atoms with Crippen molar-refractivity contribution < 1.29 is 9.72 Å². The third-order valence-electron chi connectivity index (χ3n) is 4.23. The van der Waals surface area contributed by atoms with E-state index in [2.05, 4.69) is 0 Å². The van der Waals surface area contributed by atoms with Crippen LogP contribution in [0.5, 0.6) is 0 Å². The smallest absolute Gasteiger partial charge is 0.282 e. The summed E-state index contributed by atoms with van der Waals surface area (Å²) >= 11 is 1.45. The lowest BCUT2D eigenvalue weighted by molar-refractivity contribution is -0.385. The number of rotatable bonds is 3. The summed E-state index contributed by atoms with van der Waals surface area (Å²) in [5.41, 5.74) is 5.91. The van der Waals surface area contributed by atoms with Crippen LogP contribution in [0.1, 0.15) is 30.6 Å². The molecule has 1 saturated heterocycles. The predicted molar refractivity (Wildman–Crippen MR) is 94.4 cm³/mol. The Morgan fingerprint density at radius 1 is 1.48 bits per heavy atom. The van der Waals surface area contributed by atoms with Crippen molar-refractivity contribution in [1.29, 1.82) is 0 Å². The summed E-state index contributed by atoms with van der Waals surface area (Å²) in [6.07, 6.45) is 2.58. The number of piperidine rings is 1. The van der Waals surface area contributed by atoms with Gasteiger partial charge in [-0.15, -0.1) is 24.2 Å². The molecule has 1 heterocycles. The Morgan fingerprint density at radius 3 is 2.65 bits per heavy atom. The SMILES string of the molecule is CSc1ccc([N+](=O)[O-])c(C(=O)N2CCC(N)C(C)(C)C2)c1.Cl. The molecule has 1 unspecified atom stereocenters. The van der Waals surface area contributed by atoms with Gasteiger partial charge in [0.25, 0.3) is 11.6 Å². The number of hydrogen-bond acceptors (Lipinski definition) is 5. The molecule has 6 nitrogen and oxygen atoms in total. The summed E-state index contributed by atoms with van der Waals surface area (Å²) in [5, 5.41) is 11.2. The number of likely N-dealkylation sites (tertiary alicyclic amines) is 1. The van der Waals surface area contributed by atoms with Crippen molar-refractivity contribution in [3.05, 3.63) is 33.9 Å². The maximum absolute atomic E-state index is 12.8. The first-order valence-electron chi connectivity index (χ1n) is 7.13. The van der Waals surface area contributed by atoms with Gasteiger partial charge in [-0.1, -0.05) is 13.8 Å². The highest BCUT2D eigenvalue weighted by molar-refractivity contribution is 7.98. The van der Waals surface area contributed by atoms with Gasteiger partial charge in [-0.05, 0) is 30.2 Å². The highest BCUT2D eigenvalue weighted by Gasteiger charge is 2.37. The zero-order valence-corrected chi connectivity index (χ0v) is 15.1. The molecule has 1 aromatic carbocycles. The van der Waals surface area contributed by atoms with E-state index < -0.39 is 4.92 Å². The molecule has 0 aromatic heterocycles. The summed E-state index contributed by atoms with van der Waals surface area (Å²) in [7, 11) is 0. The Morgan fingerprint density at radius 2 is 2.13 bits per heavy atom. The van der Waals surface area contributed by atoms with E-state index >= 15 is 0 Å². The third kappa shape index (κ3) is 4.16. The van der Waals surface area contributed by atoms with Crippen LogP contribution >= 0.6 is 24.2 Å². The predicted octanol–water partition coefficient (Wildman–Crippen LogP) is 2.94. The number of nitro benzene ring substituents is 1. The Labute approximate surface area is 146 Å². The zero-order chi connectivity index (χ0) is 16.5. The van der Waals surface area contributed by atoms with Gasteiger partial charge >= 0.3 is 0 Å². The molecule has 1 aliphatic rings. The van der Waals surface area contributed by atoms with Crippen LogP contribution in [0.25, 0.3) is 0 Å². The molecule has 128 valence electrons. The molecule has 1 aliphatic heterocycles. The highest BCUT2D eigenvalue weighted by Crippen LogP contribution is 2.31. The monoisotopic (exact) mass is 359 g/mol. The Hall–Kier alpha value is -1.31.